The van der Waals surface area contributed by atoms with Crippen LogP contribution in [0.15, 0.2) is 48.8 Å². The number of amides is 1. The van der Waals surface area contributed by atoms with Crippen molar-refractivity contribution in [2.75, 3.05) is 12.4 Å². The van der Waals surface area contributed by atoms with Crippen LogP contribution in [0, 0.1) is 0 Å². The fourth-order valence-corrected chi connectivity index (χ4v) is 3.23. The zero-order chi connectivity index (χ0) is 21.0. The highest BCUT2D eigenvalue weighted by molar-refractivity contribution is 7.15. The Hall–Kier alpha value is -3.27. The fourth-order valence-electron chi connectivity index (χ4n) is 2.39. The van der Waals surface area contributed by atoms with Crippen molar-refractivity contribution in [1.82, 2.24) is 9.97 Å². The summed E-state index contributed by atoms with van der Waals surface area (Å²) in [7, 11) is 1.24. The Labute approximate surface area is 167 Å². The number of rotatable bonds is 5. The number of aromatic nitrogens is 2. The Morgan fingerprint density at radius 2 is 1.79 bits per heavy atom. The van der Waals surface area contributed by atoms with Gasteiger partial charge in [0, 0.05) is 23.7 Å². The molecule has 29 heavy (non-hydrogen) atoms. The van der Waals surface area contributed by atoms with E-state index in [1.807, 2.05) is 0 Å². The predicted molar refractivity (Wildman–Crippen MR) is 99.9 cm³/mol. The lowest BCUT2D eigenvalue weighted by Crippen LogP contribution is -2.14. The van der Waals surface area contributed by atoms with E-state index >= 15 is 0 Å². The molecule has 3 aromatic rings. The van der Waals surface area contributed by atoms with E-state index in [1.54, 1.807) is 6.20 Å². The highest BCUT2D eigenvalue weighted by atomic mass is 32.1. The lowest BCUT2D eigenvalue weighted by Gasteiger charge is -2.06. The second-order valence-corrected chi connectivity index (χ2v) is 7.00. The molecule has 10 heteroatoms. The van der Waals surface area contributed by atoms with Gasteiger partial charge in [0.2, 0.25) is 0 Å². The number of pyridine rings is 1. The van der Waals surface area contributed by atoms with Crippen molar-refractivity contribution in [2.45, 2.75) is 12.6 Å². The van der Waals surface area contributed by atoms with Crippen LogP contribution < -0.4 is 5.32 Å². The molecule has 6 nitrogen and oxygen atoms in total. The zero-order valence-corrected chi connectivity index (χ0v) is 15.8. The monoisotopic (exact) mass is 421 g/mol. The number of anilines is 1. The molecule has 150 valence electrons. The summed E-state index contributed by atoms with van der Waals surface area (Å²) in [4.78, 5) is 32.4. The molecule has 2 heterocycles. The van der Waals surface area contributed by atoms with Gasteiger partial charge in [0.25, 0.3) is 5.91 Å². The minimum Gasteiger partial charge on any atom is -0.465 e. The topological polar surface area (TPSA) is 81.2 Å². The third-order valence-electron chi connectivity index (χ3n) is 3.85. The van der Waals surface area contributed by atoms with E-state index in [4.69, 9.17) is 0 Å². The summed E-state index contributed by atoms with van der Waals surface area (Å²) >= 11 is 1.20. The Kier molecular flexibility index (Phi) is 5.92. The van der Waals surface area contributed by atoms with Gasteiger partial charge in [-0.25, -0.2) is 9.78 Å². The number of halogens is 3. The molecule has 1 N–H and O–H groups in total. The number of hydrogen-bond donors (Lipinski definition) is 1. The first-order chi connectivity index (χ1) is 13.8. The van der Waals surface area contributed by atoms with Crippen molar-refractivity contribution in [3.63, 3.8) is 0 Å². The van der Waals surface area contributed by atoms with Crippen LogP contribution in [0.2, 0.25) is 0 Å². The maximum atomic E-state index is 12.6. The Balaban J connectivity index is 1.62. The molecule has 0 bridgehead atoms. The SMILES string of the molecule is COC(=O)c1ccc(C(=O)Nc2ncc(Cc3ccc(C(F)(F)F)cc3)s2)nc1. The van der Waals surface area contributed by atoms with Crippen molar-refractivity contribution in [2.24, 2.45) is 0 Å². The van der Waals surface area contributed by atoms with E-state index < -0.39 is 23.6 Å². The van der Waals surface area contributed by atoms with E-state index in [1.165, 1.54) is 48.9 Å². The Bertz CT molecular complexity index is 1020. The van der Waals surface area contributed by atoms with Crippen molar-refractivity contribution in [3.05, 3.63) is 76.1 Å². The number of nitrogens with zero attached hydrogens (tertiary/aromatic N) is 2. The highest BCUT2D eigenvalue weighted by Gasteiger charge is 2.29. The van der Waals surface area contributed by atoms with Crippen LogP contribution in [0.5, 0.6) is 0 Å². The fraction of sp³-hybridized carbons (Fsp3) is 0.158. The minimum atomic E-state index is -4.37. The largest absolute Gasteiger partial charge is 0.465 e. The molecule has 0 radical (unpaired) electrons. The number of esters is 1. The Morgan fingerprint density at radius 3 is 2.38 bits per heavy atom. The van der Waals surface area contributed by atoms with Gasteiger partial charge >= 0.3 is 12.1 Å². The van der Waals surface area contributed by atoms with Crippen LogP contribution in [0.25, 0.3) is 0 Å². The Morgan fingerprint density at radius 1 is 1.07 bits per heavy atom. The summed E-state index contributed by atoms with van der Waals surface area (Å²) in [5, 5.41) is 2.93. The van der Waals surface area contributed by atoms with Crippen LogP contribution in [0.4, 0.5) is 18.3 Å². The first kappa shape index (κ1) is 20.5. The molecular weight excluding hydrogens is 407 g/mol. The normalized spacial score (nSPS) is 11.2. The van der Waals surface area contributed by atoms with Crippen molar-refractivity contribution >= 4 is 28.3 Å². The molecule has 0 saturated heterocycles. The van der Waals surface area contributed by atoms with Gasteiger partial charge in [-0.3, -0.25) is 15.1 Å². The third kappa shape index (κ3) is 5.17. The summed E-state index contributed by atoms with van der Waals surface area (Å²) in [5.74, 6) is -1.06. The standard InChI is InChI=1S/C19H14F3N3O3S/c1-28-17(27)12-4-7-15(23-9-12)16(26)25-18-24-10-14(29-18)8-11-2-5-13(6-3-11)19(20,21)22/h2-7,9-10H,8H2,1H3,(H,24,25,26). The highest BCUT2D eigenvalue weighted by Crippen LogP contribution is 2.30. The van der Waals surface area contributed by atoms with Crippen LogP contribution >= 0.6 is 11.3 Å². The zero-order valence-electron chi connectivity index (χ0n) is 15.0. The van der Waals surface area contributed by atoms with Crippen LogP contribution in [0.1, 0.15) is 36.9 Å². The molecule has 0 saturated carbocycles. The lowest BCUT2D eigenvalue weighted by molar-refractivity contribution is -0.137. The first-order valence-electron chi connectivity index (χ1n) is 8.23. The molecule has 2 aromatic heterocycles. The summed E-state index contributed by atoms with van der Waals surface area (Å²) < 4.78 is 42.4. The first-order valence-corrected chi connectivity index (χ1v) is 9.04. The molecule has 0 aliphatic rings. The van der Waals surface area contributed by atoms with Gasteiger partial charge < -0.3 is 4.74 Å². The molecule has 1 aromatic carbocycles. The van der Waals surface area contributed by atoms with E-state index in [2.05, 4.69) is 20.0 Å². The van der Waals surface area contributed by atoms with E-state index in [0.29, 0.717) is 17.1 Å². The van der Waals surface area contributed by atoms with Crippen molar-refractivity contribution in [3.8, 4) is 0 Å². The number of ether oxygens (including phenoxy) is 1. The molecule has 0 aliphatic heterocycles. The third-order valence-corrected chi connectivity index (χ3v) is 4.76. The second kappa shape index (κ2) is 8.39. The van der Waals surface area contributed by atoms with Crippen LogP contribution in [-0.2, 0) is 17.3 Å². The van der Waals surface area contributed by atoms with Gasteiger partial charge in [0.1, 0.15) is 5.69 Å². The van der Waals surface area contributed by atoms with Crippen LogP contribution in [-0.4, -0.2) is 29.0 Å². The van der Waals surface area contributed by atoms with E-state index in [9.17, 15) is 22.8 Å². The number of hydrogen-bond acceptors (Lipinski definition) is 6. The molecule has 0 atom stereocenters. The number of carbonyl (C=O) groups is 2. The number of alkyl halides is 3. The van der Waals surface area contributed by atoms with E-state index in [-0.39, 0.29) is 11.3 Å². The van der Waals surface area contributed by atoms with Gasteiger partial charge in [0.15, 0.2) is 5.13 Å². The predicted octanol–water partition coefficient (Wildman–Crippen LogP) is 4.19. The van der Waals surface area contributed by atoms with Crippen LogP contribution in [0.3, 0.4) is 0 Å². The summed E-state index contributed by atoms with van der Waals surface area (Å²) in [5.41, 5.74) is 0.304. The number of carbonyl (C=O) groups excluding carboxylic acids is 2. The minimum absolute atomic E-state index is 0.0946. The summed E-state index contributed by atoms with van der Waals surface area (Å²) in [6.45, 7) is 0. The lowest BCUT2D eigenvalue weighted by atomic mass is 10.1. The maximum absolute atomic E-state index is 12.6. The molecular formula is C19H14F3N3O3S. The number of thiazole rings is 1. The van der Waals surface area contributed by atoms with Crippen molar-refractivity contribution < 1.29 is 27.5 Å². The summed E-state index contributed by atoms with van der Waals surface area (Å²) in [6, 6.07) is 7.69. The molecule has 0 unspecified atom stereocenters. The molecule has 3 rings (SSSR count). The van der Waals surface area contributed by atoms with Gasteiger partial charge in [0.05, 0.1) is 18.2 Å². The number of methoxy groups -OCH3 is 1. The number of nitrogens with one attached hydrogen (secondary N) is 1. The van der Waals surface area contributed by atoms with Gasteiger partial charge in [-0.2, -0.15) is 13.2 Å². The van der Waals surface area contributed by atoms with Gasteiger partial charge in [-0.1, -0.05) is 12.1 Å². The quantitative estimate of drug-likeness (QED) is 0.625. The summed E-state index contributed by atoms with van der Waals surface area (Å²) in [6.07, 6.45) is -1.20. The van der Waals surface area contributed by atoms with Gasteiger partial charge in [-0.05, 0) is 29.8 Å². The molecule has 0 aliphatic carbocycles. The smallest absolute Gasteiger partial charge is 0.416 e. The maximum Gasteiger partial charge on any atom is 0.416 e. The second-order valence-electron chi connectivity index (χ2n) is 5.88. The molecule has 1 amide bonds. The van der Waals surface area contributed by atoms with Crippen molar-refractivity contribution in [1.29, 1.82) is 0 Å². The average Bonchev–Trinajstić information content (AvgIpc) is 3.14. The molecule has 0 spiro atoms. The molecule has 0 fully saturated rings. The van der Waals surface area contributed by atoms with Gasteiger partial charge in [-0.15, -0.1) is 11.3 Å². The number of benzene rings is 1. The van der Waals surface area contributed by atoms with E-state index in [0.717, 1.165) is 17.0 Å². The average molecular weight is 421 g/mol.